The highest BCUT2D eigenvalue weighted by Crippen LogP contribution is 2.10. The van der Waals surface area contributed by atoms with Crippen LogP contribution in [0.4, 0.5) is 5.82 Å². The van der Waals surface area contributed by atoms with Crippen molar-refractivity contribution in [1.29, 1.82) is 0 Å². The van der Waals surface area contributed by atoms with Crippen molar-refractivity contribution in [3.8, 4) is 11.6 Å². The molecule has 0 unspecified atom stereocenters. The lowest BCUT2D eigenvalue weighted by Gasteiger charge is -2.10. The summed E-state index contributed by atoms with van der Waals surface area (Å²) in [5.41, 5.74) is 0. The second-order valence-electron chi connectivity index (χ2n) is 5.91. The molecule has 0 aliphatic carbocycles. The van der Waals surface area contributed by atoms with Gasteiger partial charge in [-0.2, -0.15) is 5.10 Å². The summed E-state index contributed by atoms with van der Waals surface area (Å²) in [6.45, 7) is 2.49. The zero-order valence-corrected chi connectivity index (χ0v) is 16.3. The summed E-state index contributed by atoms with van der Waals surface area (Å²) in [5, 5.41) is 7.23. The number of benzene rings is 1. The lowest BCUT2D eigenvalue weighted by Crippen LogP contribution is -2.32. The van der Waals surface area contributed by atoms with Crippen LogP contribution in [-0.2, 0) is 10.0 Å². The van der Waals surface area contributed by atoms with Crippen LogP contribution < -0.4 is 14.8 Å². The van der Waals surface area contributed by atoms with Gasteiger partial charge in [0, 0.05) is 31.5 Å². The van der Waals surface area contributed by atoms with Crippen LogP contribution in [0.15, 0.2) is 54.9 Å². The molecule has 0 aliphatic heterocycles. The number of sulfonamides is 1. The molecule has 3 rings (SSSR count). The lowest BCUT2D eigenvalue weighted by atomic mass is 10.3. The molecule has 28 heavy (non-hydrogen) atoms. The SMILES string of the molecule is Cc1nc(NCCNS(=O)(=O)CCOc2ccccc2)cc(-n2cccn2)n1. The minimum absolute atomic E-state index is 0.0884. The predicted octanol–water partition coefficient (Wildman–Crippen LogP) is 1.38. The van der Waals surface area contributed by atoms with Crippen LogP contribution >= 0.6 is 0 Å². The number of aryl methyl sites for hydroxylation is 1. The number of ether oxygens (including phenoxy) is 1. The van der Waals surface area contributed by atoms with Gasteiger partial charge in [0.15, 0.2) is 5.82 Å². The molecular weight excluding hydrogens is 380 g/mol. The Morgan fingerprint density at radius 2 is 1.93 bits per heavy atom. The molecule has 0 radical (unpaired) electrons. The van der Waals surface area contributed by atoms with Crippen LogP contribution in [0.2, 0.25) is 0 Å². The van der Waals surface area contributed by atoms with Crippen LogP contribution in [0.25, 0.3) is 5.82 Å². The molecule has 0 saturated heterocycles. The second-order valence-corrected chi connectivity index (χ2v) is 7.84. The van der Waals surface area contributed by atoms with Gasteiger partial charge in [-0.15, -0.1) is 0 Å². The Morgan fingerprint density at radius 1 is 1.11 bits per heavy atom. The lowest BCUT2D eigenvalue weighted by molar-refractivity contribution is 0.340. The molecule has 2 N–H and O–H groups in total. The van der Waals surface area contributed by atoms with Crippen molar-refractivity contribution in [3.63, 3.8) is 0 Å². The third-order valence-electron chi connectivity index (χ3n) is 3.68. The molecule has 0 saturated carbocycles. The standard InChI is InChI=1S/C18H22N6O3S/c1-15-22-17(14-18(23-15)24-11-5-8-20-24)19-9-10-21-28(25,26)13-12-27-16-6-3-2-4-7-16/h2-8,11,14,21H,9-10,12-13H2,1H3,(H,19,22,23). The number of para-hydroxylation sites is 1. The van der Waals surface area contributed by atoms with Crippen molar-refractivity contribution in [2.45, 2.75) is 6.92 Å². The first-order chi connectivity index (χ1) is 13.5. The van der Waals surface area contributed by atoms with Crippen molar-refractivity contribution in [2.24, 2.45) is 0 Å². The fourth-order valence-corrected chi connectivity index (χ4v) is 3.28. The van der Waals surface area contributed by atoms with E-state index in [0.717, 1.165) is 0 Å². The first-order valence-electron chi connectivity index (χ1n) is 8.77. The minimum Gasteiger partial charge on any atom is -0.492 e. The summed E-state index contributed by atoms with van der Waals surface area (Å²) in [5.74, 6) is 2.36. The summed E-state index contributed by atoms with van der Waals surface area (Å²) in [7, 11) is -3.42. The smallest absolute Gasteiger partial charge is 0.215 e. The molecule has 0 fully saturated rings. The number of hydrogen-bond donors (Lipinski definition) is 2. The Labute approximate surface area is 163 Å². The van der Waals surface area contributed by atoms with Gasteiger partial charge in [-0.05, 0) is 25.1 Å². The van der Waals surface area contributed by atoms with Crippen LogP contribution in [0.1, 0.15) is 5.82 Å². The highest BCUT2D eigenvalue weighted by molar-refractivity contribution is 7.89. The Bertz CT molecular complexity index is 978. The molecule has 1 aromatic carbocycles. The monoisotopic (exact) mass is 402 g/mol. The molecular formula is C18H22N6O3S. The van der Waals surface area contributed by atoms with E-state index in [9.17, 15) is 8.42 Å². The number of hydrogen-bond acceptors (Lipinski definition) is 7. The van der Waals surface area contributed by atoms with Crippen molar-refractivity contribution >= 4 is 15.8 Å². The fourth-order valence-electron chi connectivity index (χ4n) is 2.42. The first kappa shape index (κ1) is 19.8. The molecule has 0 amide bonds. The van der Waals surface area contributed by atoms with Gasteiger partial charge >= 0.3 is 0 Å². The van der Waals surface area contributed by atoms with E-state index in [1.807, 2.05) is 18.2 Å². The fraction of sp³-hybridized carbons (Fsp3) is 0.278. The normalized spacial score (nSPS) is 11.3. The summed E-state index contributed by atoms with van der Waals surface area (Å²) in [6.07, 6.45) is 3.46. The Balaban J connectivity index is 1.43. The molecule has 2 heterocycles. The molecule has 3 aromatic rings. The largest absolute Gasteiger partial charge is 0.492 e. The summed E-state index contributed by atoms with van der Waals surface area (Å²) >= 11 is 0. The van der Waals surface area contributed by atoms with Gasteiger partial charge < -0.3 is 10.1 Å². The quantitative estimate of drug-likeness (QED) is 0.493. The number of aromatic nitrogens is 4. The predicted molar refractivity (Wildman–Crippen MR) is 106 cm³/mol. The van der Waals surface area contributed by atoms with Crippen LogP contribution in [0.5, 0.6) is 5.75 Å². The van der Waals surface area contributed by atoms with Gasteiger partial charge in [-0.3, -0.25) is 0 Å². The van der Waals surface area contributed by atoms with E-state index in [1.54, 1.807) is 48.3 Å². The maximum Gasteiger partial charge on any atom is 0.215 e. The van der Waals surface area contributed by atoms with Crippen molar-refractivity contribution in [1.82, 2.24) is 24.5 Å². The number of anilines is 1. The highest BCUT2D eigenvalue weighted by Gasteiger charge is 2.10. The zero-order chi connectivity index (χ0) is 19.8. The van der Waals surface area contributed by atoms with E-state index in [0.29, 0.717) is 29.8 Å². The van der Waals surface area contributed by atoms with E-state index in [2.05, 4.69) is 25.1 Å². The van der Waals surface area contributed by atoms with E-state index in [4.69, 9.17) is 4.74 Å². The van der Waals surface area contributed by atoms with Gasteiger partial charge in [0.05, 0.1) is 5.75 Å². The number of rotatable bonds is 10. The van der Waals surface area contributed by atoms with Crippen LogP contribution in [0, 0.1) is 6.92 Å². The summed E-state index contributed by atoms with van der Waals surface area (Å²) in [6, 6.07) is 12.7. The number of nitrogens with one attached hydrogen (secondary N) is 2. The molecule has 0 spiro atoms. The van der Waals surface area contributed by atoms with Gasteiger partial charge in [0.25, 0.3) is 0 Å². The van der Waals surface area contributed by atoms with E-state index >= 15 is 0 Å². The van der Waals surface area contributed by atoms with Crippen LogP contribution in [-0.4, -0.2) is 53.6 Å². The average molecular weight is 402 g/mol. The Kier molecular flexibility index (Phi) is 6.56. The second kappa shape index (κ2) is 9.29. The molecule has 9 nitrogen and oxygen atoms in total. The van der Waals surface area contributed by atoms with Crippen molar-refractivity contribution < 1.29 is 13.2 Å². The average Bonchev–Trinajstić information content (AvgIpc) is 3.20. The minimum atomic E-state index is -3.42. The van der Waals surface area contributed by atoms with Gasteiger partial charge in [0.2, 0.25) is 10.0 Å². The molecule has 148 valence electrons. The zero-order valence-electron chi connectivity index (χ0n) is 15.4. The van der Waals surface area contributed by atoms with E-state index < -0.39 is 10.0 Å². The van der Waals surface area contributed by atoms with Crippen molar-refractivity contribution in [3.05, 3.63) is 60.7 Å². The topological polar surface area (TPSA) is 111 Å². The molecule has 0 aliphatic rings. The molecule has 2 aromatic heterocycles. The van der Waals surface area contributed by atoms with Crippen LogP contribution in [0.3, 0.4) is 0 Å². The third kappa shape index (κ3) is 6.03. The maximum absolute atomic E-state index is 12.0. The summed E-state index contributed by atoms with van der Waals surface area (Å²) < 4.78 is 33.7. The highest BCUT2D eigenvalue weighted by atomic mass is 32.2. The number of nitrogens with zero attached hydrogens (tertiary/aromatic N) is 4. The molecule has 10 heteroatoms. The molecule has 0 atom stereocenters. The molecule has 0 bridgehead atoms. The third-order valence-corrected chi connectivity index (χ3v) is 5.03. The Hall–Kier alpha value is -2.98. The van der Waals surface area contributed by atoms with Crippen molar-refractivity contribution in [2.75, 3.05) is 30.8 Å². The van der Waals surface area contributed by atoms with Gasteiger partial charge in [0.1, 0.15) is 24.0 Å². The van der Waals surface area contributed by atoms with Gasteiger partial charge in [-0.1, -0.05) is 18.2 Å². The first-order valence-corrected chi connectivity index (χ1v) is 10.4. The summed E-state index contributed by atoms with van der Waals surface area (Å²) in [4.78, 5) is 8.63. The Morgan fingerprint density at radius 3 is 2.68 bits per heavy atom. The van der Waals surface area contributed by atoms with E-state index in [1.165, 1.54) is 0 Å². The van der Waals surface area contributed by atoms with E-state index in [-0.39, 0.29) is 18.9 Å². The maximum atomic E-state index is 12.0. The van der Waals surface area contributed by atoms with Gasteiger partial charge in [-0.25, -0.2) is 27.8 Å².